The van der Waals surface area contributed by atoms with E-state index < -0.39 is 29.5 Å². The number of rotatable bonds is 8. The number of carboxylic acids is 1. The normalized spacial score (nSPS) is 13.1. The Kier molecular flexibility index (Phi) is 10.0. The van der Waals surface area contributed by atoms with Gasteiger partial charge in [0, 0.05) is 12.5 Å². The van der Waals surface area contributed by atoms with E-state index >= 15 is 0 Å². The fraction of sp³-hybridized carbons (Fsp3) is 0.529. The molecule has 0 fully saturated rings. The molecule has 1 aromatic heterocycles. The molecule has 3 unspecified atom stereocenters. The van der Waals surface area contributed by atoms with Gasteiger partial charge in [-0.1, -0.05) is 20.8 Å². The molecule has 0 saturated heterocycles. The van der Waals surface area contributed by atoms with Crippen LogP contribution in [0.4, 0.5) is 11.6 Å². The summed E-state index contributed by atoms with van der Waals surface area (Å²) in [7, 11) is 0. The van der Waals surface area contributed by atoms with Crippen LogP contribution in [-0.2, 0) is 14.4 Å². The molecule has 0 spiro atoms. The number of nitrogen functional groups attached to an aromatic ring is 2. The fourth-order valence-corrected chi connectivity index (χ4v) is 2.04. The highest BCUT2D eigenvalue weighted by atomic mass is 16.4. The summed E-state index contributed by atoms with van der Waals surface area (Å²) in [5.41, 5.74) is 11.2. The van der Waals surface area contributed by atoms with Crippen LogP contribution >= 0.6 is 0 Å². The lowest BCUT2D eigenvalue weighted by molar-refractivity contribution is -0.191. The molecule has 1 rings (SSSR count). The number of anilines is 2. The Morgan fingerprint density at radius 1 is 1.07 bits per heavy atom. The first-order valence-corrected chi connectivity index (χ1v) is 8.49. The first-order valence-electron chi connectivity index (χ1n) is 8.49. The summed E-state index contributed by atoms with van der Waals surface area (Å²) in [6, 6.07) is -0.0745. The van der Waals surface area contributed by atoms with E-state index in [0.29, 0.717) is 0 Å². The highest BCUT2D eigenvalue weighted by Gasteiger charge is 2.26. The number of Topliss-reactive ketones (excluding diaryl/α,β-unsaturated/α-hetero) is 1. The third-order valence-corrected chi connectivity index (χ3v) is 4.17. The van der Waals surface area contributed by atoms with Crippen LogP contribution in [0.25, 0.3) is 0 Å². The first-order chi connectivity index (χ1) is 13.0. The molecule has 1 heterocycles. The van der Waals surface area contributed by atoms with Crippen LogP contribution < -0.4 is 16.8 Å². The van der Waals surface area contributed by atoms with E-state index in [1.54, 1.807) is 6.92 Å². The van der Waals surface area contributed by atoms with Crippen molar-refractivity contribution in [3.8, 4) is 0 Å². The summed E-state index contributed by atoms with van der Waals surface area (Å²) in [6.07, 6.45) is 0.912. The molecule has 28 heavy (non-hydrogen) atoms. The summed E-state index contributed by atoms with van der Waals surface area (Å²) in [4.78, 5) is 59.5. The third kappa shape index (κ3) is 7.12. The van der Waals surface area contributed by atoms with Crippen molar-refractivity contribution in [1.82, 2.24) is 15.3 Å². The molecule has 0 aromatic carbocycles. The number of carboxylic acid groups (broad SMARTS) is 1. The van der Waals surface area contributed by atoms with Gasteiger partial charge in [0.15, 0.2) is 28.8 Å². The number of nitrogens with zero attached hydrogens (tertiary/aromatic N) is 2. The predicted molar refractivity (Wildman–Crippen MR) is 98.0 cm³/mol. The maximum Gasteiger partial charge on any atom is 0.373 e. The number of hydrogen-bond donors (Lipinski definition) is 4. The summed E-state index contributed by atoms with van der Waals surface area (Å²) >= 11 is 0. The van der Waals surface area contributed by atoms with E-state index in [0.717, 1.165) is 6.42 Å². The minimum Gasteiger partial charge on any atom is -0.481 e. The number of carbonyl (C=O) groups excluding carboxylic acids is 4. The van der Waals surface area contributed by atoms with Gasteiger partial charge in [0.05, 0.1) is 5.92 Å². The number of nitrogens with two attached hydrogens (primary N) is 2. The summed E-state index contributed by atoms with van der Waals surface area (Å²) in [6.45, 7) is 6.91. The van der Waals surface area contributed by atoms with Crippen molar-refractivity contribution in [3.63, 3.8) is 0 Å². The van der Waals surface area contributed by atoms with Gasteiger partial charge in [-0.3, -0.25) is 14.4 Å². The smallest absolute Gasteiger partial charge is 0.373 e. The van der Waals surface area contributed by atoms with Crippen LogP contribution in [0.5, 0.6) is 0 Å². The molecule has 1 aromatic rings. The van der Waals surface area contributed by atoms with Crippen molar-refractivity contribution in [2.24, 2.45) is 11.8 Å². The van der Waals surface area contributed by atoms with Gasteiger partial charge in [0.1, 0.15) is 0 Å². The average Bonchev–Trinajstić information content (AvgIpc) is 2.62. The second kappa shape index (κ2) is 11.4. The molecular weight excluding hydrogens is 370 g/mol. The first kappa shape index (κ1) is 24.7. The molecule has 11 heteroatoms. The second-order valence-electron chi connectivity index (χ2n) is 6.29. The highest BCUT2D eigenvalue weighted by molar-refractivity contribution is 6.01. The molecule has 0 bridgehead atoms. The SMILES string of the molecule is CCC(C)NC(=O)c1nc(N)c(C(=O)CC(C)C(C)C(=O)O)nc1N.O=C=O. The molecule has 3 atom stereocenters. The number of hydrogen-bond acceptors (Lipinski definition) is 9. The van der Waals surface area contributed by atoms with Gasteiger partial charge in [-0.05, 0) is 19.3 Å². The van der Waals surface area contributed by atoms with Crippen molar-refractivity contribution >= 4 is 35.4 Å². The largest absolute Gasteiger partial charge is 0.481 e. The van der Waals surface area contributed by atoms with Crippen LogP contribution in [0.2, 0.25) is 0 Å². The Bertz CT molecular complexity index is 761. The third-order valence-electron chi connectivity index (χ3n) is 4.17. The standard InChI is InChI=1S/C16H25N5O4.CO2/c1-5-8(3)19-15(23)12-14(18)20-11(13(17)21-12)10(22)6-7(2)9(4)16(24)25;2-1-3/h7-9H,5-6H2,1-4H3,(H2,17,21)(H2,18,20)(H,19,23)(H,24,25);. The molecule has 0 aliphatic rings. The van der Waals surface area contributed by atoms with Gasteiger partial charge in [-0.15, -0.1) is 0 Å². The van der Waals surface area contributed by atoms with Gasteiger partial charge in [0.25, 0.3) is 5.91 Å². The molecule has 154 valence electrons. The minimum atomic E-state index is -0.990. The van der Waals surface area contributed by atoms with Crippen molar-refractivity contribution in [1.29, 1.82) is 0 Å². The number of ketones is 1. The van der Waals surface area contributed by atoms with Crippen molar-refractivity contribution < 1.29 is 29.1 Å². The lowest BCUT2D eigenvalue weighted by Crippen LogP contribution is -2.33. The average molecular weight is 395 g/mol. The van der Waals surface area contributed by atoms with Crippen LogP contribution in [-0.4, -0.2) is 44.9 Å². The Morgan fingerprint density at radius 3 is 2.00 bits per heavy atom. The van der Waals surface area contributed by atoms with Gasteiger partial charge in [-0.25, -0.2) is 9.97 Å². The lowest BCUT2D eigenvalue weighted by atomic mass is 9.90. The van der Waals surface area contributed by atoms with Crippen LogP contribution in [0, 0.1) is 11.8 Å². The Hall–Kier alpha value is -3.33. The zero-order valence-electron chi connectivity index (χ0n) is 16.2. The number of carbonyl (C=O) groups is 3. The van der Waals surface area contributed by atoms with Crippen molar-refractivity contribution in [2.75, 3.05) is 11.5 Å². The molecule has 1 amide bonds. The van der Waals surface area contributed by atoms with Crippen LogP contribution in [0.1, 0.15) is 61.5 Å². The van der Waals surface area contributed by atoms with Gasteiger partial charge < -0.3 is 21.9 Å². The van der Waals surface area contributed by atoms with Crippen molar-refractivity contribution in [3.05, 3.63) is 11.4 Å². The topological polar surface area (TPSA) is 195 Å². The second-order valence-corrected chi connectivity index (χ2v) is 6.29. The fourth-order valence-electron chi connectivity index (χ4n) is 2.04. The highest BCUT2D eigenvalue weighted by Crippen LogP contribution is 2.21. The monoisotopic (exact) mass is 395 g/mol. The number of aromatic nitrogens is 2. The zero-order valence-corrected chi connectivity index (χ0v) is 16.2. The molecule has 0 saturated carbocycles. The lowest BCUT2D eigenvalue weighted by Gasteiger charge is -2.16. The zero-order chi connectivity index (χ0) is 22.0. The number of amides is 1. The van der Waals surface area contributed by atoms with E-state index in [-0.39, 0.29) is 41.6 Å². The number of nitrogens with one attached hydrogen (secondary N) is 1. The number of aliphatic carboxylic acids is 1. The van der Waals surface area contributed by atoms with E-state index in [1.807, 2.05) is 13.8 Å². The van der Waals surface area contributed by atoms with Crippen LogP contribution in [0.3, 0.4) is 0 Å². The van der Waals surface area contributed by atoms with E-state index in [9.17, 15) is 14.4 Å². The van der Waals surface area contributed by atoms with Gasteiger partial charge >= 0.3 is 12.1 Å². The van der Waals surface area contributed by atoms with E-state index in [1.165, 1.54) is 6.92 Å². The minimum absolute atomic E-state index is 0.0653. The van der Waals surface area contributed by atoms with E-state index in [2.05, 4.69) is 15.3 Å². The quantitative estimate of drug-likeness (QED) is 0.450. The molecule has 11 nitrogen and oxygen atoms in total. The molecule has 0 radical (unpaired) electrons. The maximum absolute atomic E-state index is 12.3. The summed E-state index contributed by atoms with van der Waals surface area (Å²) in [5.74, 6) is -3.49. The Morgan fingerprint density at radius 2 is 1.54 bits per heavy atom. The molecule has 6 N–H and O–H groups in total. The Labute approximate surface area is 161 Å². The van der Waals surface area contributed by atoms with Crippen LogP contribution in [0.15, 0.2) is 0 Å². The van der Waals surface area contributed by atoms with Gasteiger partial charge in [-0.2, -0.15) is 9.59 Å². The summed E-state index contributed by atoms with van der Waals surface area (Å²) < 4.78 is 0. The molecular formula is C17H25N5O6. The van der Waals surface area contributed by atoms with Gasteiger partial charge in [0.2, 0.25) is 0 Å². The predicted octanol–water partition coefficient (Wildman–Crippen LogP) is 0.515. The Balaban J connectivity index is 0.00000227. The molecule has 0 aliphatic carbocycles. The van der Waals surface area contributed by atoms with E-state index in [4.69, 9.17) is 26.2 Å². The summed E-state index contributed by atoms with van der Waals surface area (Å²) in [5, 5.41) is 11.7. The molecule has 0 aliphatic heterocycles. The maximum atomic E-state index is 12.3. The van der Waals surface area contributed by atoms with Crippen molar-refractivity contribution in [2.45, 2.75) is 46.6 Å².